The summed E-state index contributed by atoms with van der Waals surface area (Å²) in [4.78, 5) is 19.7. The summed E-state index contributed by atoms with van der Waals surface area (Å²) in [6.07, 6.45) is 4.97. The van der Waals surface area contributed by atoms with Gasteiger partial charge >= 0.3 is 0 Å². The number of aliphatic imine (C=N–C) groups is 1. The van der Waals surface area contributed by atoms with Crippen LogP contribution in [0.5, 0.6) is 0 Å². The van der Waals surface area contributed by atoms with E-state index in [4.69, 9.17) is 4.99 Å². The minimum Gasteiger partial charge on any atom is -0.357 e. The van der Waals surface area contributed by atoms with Gasteiger partial charge in [-0.1, -0.05) is 6.92 Å². The number of aryl methyl sites for hydroxylation is 1. The van der Waals surface area contributed by atoms with Gasteiger partial charge in [0.05, 0.1) is 12.2 Å². The fourth-order valence-corrected chi connectivity index (χ4v) is 4.58. The van der Waals surface area contributed by atoms with Crippen LogP contribution in [0.1, 0.15) is 25.4 Å². The third-order valence-corrected chi connectivity index (χ3v) is 6.08. The molecule has 0 atom stereocenters. The third-order valence-electron chi connectivity index (χ3n) is 4.49. The Bertz CT molecular complexity index is 881. The van der Waals surface area contributed by atoms with Crippen LogP contribution in [0, 0.1) is 0 Å². The van der Waals surface area contributed by atoms with Crippen LogP contribution in [0.4, 0.5) is 5.13 Å². The van der Waals surface area contributed by atoms with Gasteiger partial charge in [-0.05, 0) is 6.92 Å². The predicted molar refractivity (Wildman–Crippen MR) is 126 cm³/mol. The Morgan fingerprint density at radius 2 is 2.04 bits per heavy atom. The average molecular weight is 532 g/mol. The van der Waals surface area contributed by atoms with E-state index < -0.39 is 0 Å². The number of halogens is 1. The van der Waals surface area contributed by atoms with E-state index in [9.17, 15) is 0 Å². The number of piperazine rings is 1. The molecule has 0 spiro atoms. The normalized spacial score (nSPS) is 15.1. The number of fused-ring (bicyclic) bond motifs is 1. The molecule has 3 aromatic rings. The molecular formula is C17H25IN8S2. The molecule has 0 unspecified atom stereocenters. The summed E-state index contributed by atoms with van der Waals surface area (Å²) >= 11 is 3.15. The van der Waals surface area contributed by atoms with Crippen molar-refractivity contribution >= 4 is 62.9 Å². The van der Waals surface area contributed by atoms with Crippen molar-refractivity contribution in [3.05, 3.63) is 29.3 Å². The van der Waals surface area contributed by atoms with E-state index in [1.54, 1.807) is 11.3 Å². The molecule has 3 aromatic heterocycles. The van der Waals surface area contributed by atoms with Crippen LogP contribution in [-0.4, -0.2) is 62.3 Å². The number of guanidine groups is 1. The van der Waals surface area contributed by atoms with Crippen LogP contribution in [0.15, 0.2) is 22.8 Å². The van der Waals surface area contributed by atoms with Gasteiger partial charge in [0.1, 0.15) is 5.82 Å². The number of rotatable bonds is 5. The molecule has 1 N–H and O–H groups in total. The maximum absolute atomic E-state index is 4.81. The monoisotopic (exact) mass is 532 g/mol. The van der Waals surface area contributed by atoms with Crippen LogP contribution >= 0.6 is 46.8 Å². The second-order valence-electron chi connectivity index (χ2n) is 6.32. The summed E-state index contributed by atoms with van der Waals surface area (Å²) in [5.74, 6) is 1.90. The summed E-state index contributed by atoms with van der Waals surface area (Å²) in [6, 6.07) is 0. The molecule has 0 amide bonds. The molecule has 0 saturated carbocycles. The molecule has 1 fully saturated rings. The summed E-state index contributed by atoms with van der Waals surface area (Å²) < 4.78 is 6.45. The van der Waals surface area contributed by atoms with Crippen molar-refractivity contribution in [2.24, 2.45) is 4.99 Å². The van der Waals surface area contributed by atoms with Gasteiger partial charge < -0.3 is 15.1 Å². The summed E-state index contributed by atoms with van der Waals surface area (Å²) in [5.41, 5.74) is 0.997. The first kappa shape index (κ1) is 21.2. The lowest BCUT2D eigenvalue weighted by Crippen LogP contribution is -2.52. The first-order chi connectivity index (χ1) is 13.3. The van der Waals surface area contributed by atoms with Crippen molar-refractivity contribution in [3.63, 3.8) is 0 Å². The van der Waals surface area contributed by atoms with Crippen LogP contribution in [0.25, 0.3) is 4.96 Å². The molecule has 0 aliphatic carbocycles. The second kappa shape index (κ2) is 9.83. The van der Waals surface area contributed by atoms with Gasteiger partial charge in [0.25, 0.3) is 0 Å². The highest BCUT2D eigenvalue weighted by Crippen LogP contribution is 2.19. The van der Waals surface area contributed by atoms with Crippen molar-refractivity contribution in [3.8, 4) is 0 Å². The minimum absolute atomic E-state index is 0. The summed E-state index contributed by atoms with van der Waals surface area (Å²) in [7, 11) is 0. The van der Waals surface area contributed by atoms with Crippen LogP contribution in [-0.2, 0) is 13.0 Å². The van der Waals surface area contributed by atoms with Crippen LogP contribution < -0.4 is 10.2 Å². The smallest absolute Gasteiger partial charge is 0.205 e. The Hall–Kier alpha value is -1.47. The summed E-state index contributed by atoms with van der Waals surface area (Å²) in [5, 5.41) is 6.49. The third kappa shape index (κ3) is 4.74. The van der Waals surface area contributed by atoms with E-state index in [0.29, 0.717) is 6.54 Å². The largest absolute Gasteiger partial charge is 0.357 e. The number of nitrogens with zero attached hydrogens (tertiary/aromatic N) is 7. The van der Waals surface area contributed by atoms with Gasteiger partial charge in [0, 0.05) is 68.5 Å². The molecule has 4 heterocycles. The topological polar surface area (TPSA) is 74.0 Å². The lowest BCUT2D eigenvalue weighted by Gasteiger charge is -2.36. The lowest BCUT2D eigenvalue weighted by atomic mass is 10.3. The number of anilines is 1. The first-order valence-corrected chi connectivity index (χ1v) is 10.9. The highest BCUT2D eigenvalue weighted by Gasteiger charge is 2.22. The molecule has 0 aromatic carbocycles. The zero-order valence-electron chi connectivity index (χ0n) is 16.0. The quantitative estimate of drug-likeness (QED) is 0.310. The van der Waals surface area contributed by atoms with Gasteiger partial charge in [-0.2, -0.15) is 4.37 Å². The number of aromatic nitrogens is 4. The van der Waals surface area contributed by atoms with Crippen molar-refractivity contribution < 1.29 is 0 Å². The van der Waals surface area contributed by atoms with Gasteiger partial charge in [0.2, 0.25) is 5.13 Å². The van der Waals surface area contributed by atoms with E-state index in [2.05, 4.69) is 49.5 Å². The predicted octanol–water partition coefficient (Wildman–Crippen LogP) is 2.72. The second-order valence-corrected chi connectivity index (χ2v) is 7.92. The highest BCUT2D eigenvalue weighted by molar-refractivity contribution is 14.0. The molecule has 1 saturated heterocycles. The summed E-state index contributed by atoms with van der Waals surface area (Å²) in [6.45, 7) is 9.35. The Balaban J connectivity index is 0.00000225. The number of hydrogen-bond acceptors (Lipinski definition) is 7. The number of nitrogens with one attached hydrogen (secondary N) is 1. The number of thiazole rings is 1. The maximum atomic E-state index is 4.81. The zero-order valence-corrected chi connectivity index (χ0v) is 20.0. The molecule has 1 aliphatic rings. The molecule has 0 radical (unpaired) electrons. The zero-order chi connectivity index (χ0) is 18.6. The van der Waals surface area contributed by atoms with E-state index in [-0.39, 0.29) is 24.0 Å². The van der Waals surface area contributed by atoms with E-state index in [1.807, 2.05) is 16.0 Å². The molecule has 28 heavy (non-hydrogen) atoms. The molecular weight excluding hydrogens is 507 g/mol. The van der Waals surface area contributed by atoms with Gasteiger partial charge in [0.15, 0.2) is 10.9 Å². The number of imidazole rings is 1. The molecule has 152 valence electrons. The maximum Gasteiger partial charge on any atom is 0.205 e. The number of hydrogen-bond donors (Lipinski definition) is 1. The van der Waals surface area contributed by atoms with Gasteiger partial charge in [-0.25, -0.2) is 15.0 Å². The van der Waals surface area contributed by atoms with Crippen molar-refractivity contribution in [1.29, 1.82) is 0 Å². The average Bonchev–Trinajstić information content (AvgIpc) is 3.41. The molecule has 0 bridgehead atoms. The van der Waals surface area contributed by atoms with Crippen LogP contribution in [0.3, 0.4) is 0 Å². The molecule has 8 nitrogen and oxygen atoms in total. The SMILES string of the molecule is CCNC(=NCc1cn2ccsc2n1)N1CCN(c2nc(CC)ns2)CC1.I. The Labute approximate surface area is 189 Å². The Morgan fingerprint density at radius 3 is 2.71 bits per heavy atom. The van der Waals surface area contributed by atoms with Crippen molar-refractivity contribution in [2.45, 2.75) is 26.8 Å². The van der Waals surface area contributed by atoms with Gasteiger partial charge in [-0.15, -0.1) is 35.3 Å². The molecule has 1 aliphatic heterocycles. The fraction of sp³-hybridized carbons (Fsp3) is 0.529. The fourth-order valence-electron chi connectivity index (χ4n) is 3.06. The van der Waals surface area contributed by atoms with Crippen molar-refractivity contribution in [2.75, 3.05) is 37.6 Å². The van der Waals surface area contributed by atoms with Gasteiger partial charge in [-0.3, -0.25) is 4.40 Å². The van der Waals surface area contributed by atoms with Crippen molar-refractivity contribution in [1.82, 2.24) is 29.0 Å². The van der Waals surface area contributed by atoms with E-state index in [1.165, 1.54) is 11.5 Å². The van der Waals surface area contributed by atoms with Crippen LogP contribution in [0.2, 0.25) is 0 Å². The highest BCUT2D eigenvalue weighted by atomic mass is 127. The Morgan fingerprint density at radius 1 is 1.21 bits per heavy atom. The first-order valence-electron chi connectivity index (χ1n) is 9.28. The lowest BCUT2D eigenvalue weighted by molar-refractivity contribution is 0.372. The van der Waals surface area contributed by atoms with E-state index in [0.717, 1.165) is 66.7 Å². The minimum atomic E-state index is 0. The molecule has 11 heteroatoms. The standard InChI is InChI=1S/C17H24N8S2.HI/c1-3-14-21-17(27-22-14)24-7-5-23(6-8-24)15(18-4-2)19-11-13-12-25-9-10-26-16(25)20-13;/h9-10,12H,3-8,11H2,1-2H3,(H,18,19);1H. The Kier molecular flexibility index (Phi) is 7.46. The van der Waals surface area contributed by atoms with E-state index >= 15 is 0 Å². The molecule has 4 rings (SSSR count).